The zero-order valence-corrected chi connectivity index (χ0v) is 11.2. The first-order chi connectivity index (χ1) is 9.00. The third-order valence-electron chi connectivity index (χ3n) is 3.11. The Kier molecular flexibility index (Phi) is 4.17. The second kappa shape index (κ2) is 5.68. The Morgan fingerprint density at radius 3 is 2.53 bits per heavy atom. The highest BCUT2D eigenvalue weighted by molar-refractivity contribution is 6.31. The normalized spacial score (nSPS) is 12.5. The molecule has 2 rings (SSSR count). The monoisotopic (exact) mass is 281 g/mol. The van der Waals surface area contributed by atoms with Crippen molar-refractivity contribution < 1.29 is 8.78 Å². The Morgan fingerprint density at radius 2 is 1.84 bits per heavy atom. The minimum atomic E-state index is -0.630. The van der Waals surface area contributed by atoms with E-state index in [0.29, 0.717) is 21.7 Å². The summed E-state index contributed by atoms with van der Waals surface area (Å²) in [5.41, 5.74) is 7.18. The predicted molar refractivity (Wildman–Crippen MR) is 73.2 cm³/mol. The van der Waals surface area contributed by atoms with Crippen LogP contribution >= 0.6 is 11.6 Å². The zero-order chi connectivity index (χ0) is 14.0. The van der Waals surface area contributed by atoms with Gasteiger partial charge in [-0.1, -0.05) is 35.9 Å². The SMILES string of the molecule is Cc1cccc(C(N)Cc2c(F)cccc2Cl)c1F. The van der Waals surface area contributed by atoms with Gasteiger partial charge in [-0.25, -0.2) is 8.78 Å². The zero-order valence-electron chi connectivity index (χ0n) is 10.5. The molecular formula is C15H14ClF2N. The summed E-state index contributed by atoms with van der Waals surface area (Å²) in [6.07, 6.45) is 0.159. The molecule has 0 aromatic heterocycles. The fourth-order valence-corrected chi connectivity index (χ4v) is 2.25. The van der Waals surface area contributed by atoms with E-state index in [1.807, 2.05) is 0 Å². The largest absolute Gasteiger partial charge is 0.324 e. The minimum Gasteiger partial charge on any atom is -0.324 e. The topological polar surface area (TPSA) is 26.0 Å². The highest BCUT2D eigenvalue weighted by Crippen LogP contribution is 2.26. The van der Waals surface area contributed by atoms with Gasteiger partial charge < -0.3 is 5.73 Å². The standard InChI is InChI=1S/C15H14ClF2N/c1-9-4-2-5-10(15(9)18)14(19)8-11-12(16)6-3-7-13(11)17/h2-7,14H,8,19H2,1H3. The van der Waals surface area contributed by atoms with E-state index in [0.717, 1.165) is 0 Å². The van der Waals surface area contributed by atoms with Gasteiger partial charge >= 0.3 is 0 Å². The van der Waals surface area contributed by atoms with Gasteiger partial charge in [0.2, 0.25) is 0 Å². The molecule has 1 nitrogen and oxygen atoms in total. The van der Waals surface area contributed by atoms with Crippen LogP contribution in [0.4, 0.5) is 8.78 Å². The maximum atomic E-state index is 13.9. The van der Waals surface area contributed by atoms with E-state index in [4.69, 9.17) is 17.3 Å². The van der Waals surface area contributed by atoms with Crippen LogP contribution in [0.15, 0.2) is 36.4 Å². The number of aryl methyl sites for hydroxylation is 1. The van der Waals surface area contributed by atoms with Gasteiger partial charge in [-0.05, 0) is 31.0 Å². The van der Waals surface area contributed by atoms with Gasteiger partial charge in [0, 0.05) is 22.2 Å². The van der Waals surface area contributed by atoms with Gasteiger partial charge in [0.1, 0.15) is 11.6 Å². The summed E-state index contributed by atoms with van der Waals surface area (Å²) in [5, 5.41) is 0.309. The van der Waals surface area contributed by atoms with E-state index in [2.05, 4.69) is 0 Å². The van der Waals surface area contributed by atoms with Crippen LogP contribution in [-0.4, -0.2) is 0 Å². The fraction of sp³-hybridized carbons (Fsp3) is 0.200. The molecule has 0 fully saturated rings. The molecule has 2 N–H and O–H groups in total. The van der Waals surface area contributed by atoms with E-state index >= 15 is 0 Å². The Labute approximate surface area is 116 Å². The lowest BCUT2D eigenvalue weighted by Crippen LogP contribution is -2.16. The second-order valence-electron chi connectivity index (χ2n) is 4.49. The van der Waals surface area contributed by atoms with E-state index in [1.54, 1.807) is 31.2 Å². The summed E-state index contributed by atoms with van der Waals surface area (Å²) in [7, 11) is 0. The second-order valence-corrected chi connectivity index (χ2v) is 4.90. The Morgan fingerprint density at radius 1 is 1.16 bits per heavy atom. The Bertz CT molecular complexity index is 578. The van der Waals surface area contributed by atoms with Crippen molar-refractivity contribution in [3.05, 3.63) is 69.7 Å². The van der Waals surface area contributed by atoms with Crippen molar-refractivity contribution in [3.63, 3.8) is 0 Å². The lowest BCUT2D eigenvalue weighted by Gasteiger charge is -2.15. The van der Waals surface area contributed by atoms with Gasteiger partial charge in [0.25, 0.3) is 0 Å². The van der Waals surface area contributed by atoms with E-state index in [-0.39, 0.29) is 12.2 Å². The number of benzene rings is 2. The molecule has 0 bridgehead atoms. The van der Waals surface area contributed by atoms with Gasteiger partial charge in [-0.3, -0.25) is 0 Å². The average molecular weight is 282 g/mol. The van der Waals surface area contributed by atoms with Crippen LogP contribution in [0.5, 0.6) is 0 Å². The van der Waals surface area contributed by atoms with Crippen molar-refractivity contribution in [2.45, 2.75) is 19.4 Å². The molecule has 0 spiro atoms. The molecule has 100 valence electrons. The first-order valence-corrected chi connectivity index (χ1v) is 6.32. The number of nitrogens with two attached hydrogens (primary N) is 1. The lowest BCUT2D eigenvalue weighted by atomic mass is 9.97. The molecule has 0 aliphatic rings. The third-order valence-corrected chi connectivity index (χ3v) is 3.46. The molecule has 19 heavy (non-hydrogen) atoms. The quantitative estimate of drug-likeness (QED) is 0.898. The van der Waals surface area contributed by atoms with Crippen molar-refractivity contribution >= 4 is 11.6 Å². The summed E-state index contributed by atoms with van der Waals surface area (Å²) in [4.78, 5) is 0. The summed E-state index contributed by atoms with van der Waals surface area (Å²) in [6, 6.07) is 8.83. The van der Waals surface area contributed by atoms with Gasteiger partial charge in [-0.2, -0.15) is 0 Å². The Balaban J connectivity index is 2.31. The van der Waals surface area contributed by atoms with Crippen molar-refractivity contribution in [2.24, 2.45) is 5.73 Å². The predicted octanol–water partition coefficient (Wildman–Crippen LogP) is 4.17. The summed E-state index contributed by atoms with van der Waals surface area (Å²) in [6.45, 7) is 1.67. The number of hydrogen-bond donors (Lipinski definition) is 1. The van der Waals surface area contributed by atoms with Gasteiger partial charge in [0.15, 0.2) is 0 Å². The lowest BCUT2D eigenvalue weighted by molar-refractivity contribution is 0.559. The van der Waals surface area contributed by atoms with Crippen LogP contribution in [0.1, 0.15) is 22.7 Å². The first kappa shape index (κ1) is 14.0. The molecule has 2 aromatic carbocycles. The molecule has 0 saturated heterocycles. The summed E-state index contributed by atoms with van der Waals surface area (Å²) >= 11 is 5.94. The third kappa shape index (κ3) is 2.94. The van der Waals surface area contributed by atoms with E-state index < -0.39 is 11.9 Å². The maximum Gasteiger partial charge on any atom is 0.130 e. The molecule has 0 radical (unpaired) electrons. The maximum absolute atomic E-state index is 13.9. The highest BCUT2D eigenvalue weighted by atomic mass is 35.5. The van der Waals surface area contributed by atoms with Crippen molar-refractivity contribution in [1.29, 1.82) is 0 Å². The molecule has 0 aliphatic heterocycles. The first-order valence-electron chi connectivity index (χ1n) is 5.94. The fourth-order valence-electron chi connectivity index (χ4n) is 2.01. The summed E-state index contributed by atoms with van der Waals surface area (Å²) < 4.78 is 27.6. The number of hydrogen-bond acceptors (Lipinski definition) is 1. The van der Waals surface area contributed by atoms with E-state index in [1.165, 1.54) is 12.1 Å². The van der Waals surface area contributed by atoms with Crippen LogP contribution in [0, 0.1) is 18.6 Å². The molecule has 1 atom stereocenters. The molecule has 0 amide bonds. The molecule has 0 saturated carbocycles. The Hall–Kier alpha value is -1.45. The molecule has 1 unspecified atom stereocenters. The van der Waals surface area contributed by atoms with Crippen LogP contribution in [0.2, 0.25) is 5.02 Å². The number of halogens is 3. The smallest absolute Gasteiger partial charge is 0.130 e. The van der Waals surface area contributed by atoms with Crippen LogP contribution in [0.25, 0.3) is 0 Å². The average Bonchev–Trinajstić information content (AvgIpc) is 2.37. The van der Waals surface area contributed by atoms with E-state index in [9.17, 15) is 8.78 Å². The molecule has 2 aromatic rings. The van der Waals surface area contributed by atoms with Crippen molar-refractivity contribution in [2.75, 3.05) is 0 Å². The van der Waals surface area contributed by atoms with Gasteiger partial charge in [0.05, 0.1) is 0 Å². The molecular weight excluding hydrogens is 268 g/mol. The van der Waals surface area contributed by atoms with Crippen LogP contribution in [-0.2, 0) is 6.42 Å². The van der Waals surface area contributed by atoms with Crippen molar-refractivity contribution in [3.8, 4) is 0 Å². The van der Waals surface area contributed by atoms with Crippen LogP contribution in [0.3, 0.4) is 0 Å². The van der Waals surface area contributed by atoms with Gasteiger partial charge in [-0.15, -0.1) is 0 Å². The number of rotatable bonds is 3. The molecule has 4 heteroatoms. The highest BCUT2D eigenvalue weighted by Gasteiger charge is 2.17. The molecule has 0 heterocycles. The van der Waals surface area contributed by atoms with Crippen molar-refractivity contribution in [1.82, 2.24) is 0 Å². The van der Waals surface area contributed by atoms with Crippen LogP contribution < -0.4 is 5.73 Å². The summed E-state index contributed by atoms with van der Waals surface area (Å²) in [5.74, 6) is -0.765. The molecule has 0 aliphatic carbocycles. The minimum absolute atomic E-state index is 0.159.